The number of methoxy groups -OCH3 is 2. The van der Waals surface area contributed by atoms with Crippen LogP contribution in [0.4, 0.5) is 0 Å². The van der Waals surface area contributed by atoms with Crippen molar-refractivity contribution >= 4 is 5.71 Å². The van der Waals surface area contributed by atoms with Gasteiger partial charge in [-0.3, -0.25) is 0 Å². The minimum Gasteiger partial charge on any atom is -0.507 e. The van der Waals surface area contributed by atoms with Gasteiger partial charge in [-0.25, -0.2) is 5.01 Å². The highest BCUT2D eigenvalue weighted by molar-refractivity contribution is 6.04. The van der Waals surface area contributed by atoms with E-state index in [4.69, 9.17) is 19.3 Å². The van der Waals surface area contributed by atoms with E-state index in [0.717, 1.165) is 33.7 Å². The molecule has 0 fully saturated rings. The van der Waals surface area contributed by atoms with Crippen molar-refractivity contribution in [1.82, 2.24) is 5.01 Å². The zero-order valence-corrected chi connectivity index (χ0v) is 17.7. The minimum absolute atomic E-state index is 0.00308. The van der Waals surface area contributed by atoms with E-state index in [0.29, 0.717) is 17.9 Å². The average molecular weight is 416 g/mol. The summed E-state index contributed by atoms with van der Waals surface area (Å²) >= 11 is 0. The number of aromatic hydroxyl groups is 1. The fourth-order valence-corrected chi connectivity index (χ4v) is 4.31. The highest BCUT2D eigenvalue weighted by Gasteiger charge is 2.42. The molecule has 0 saturated carbocycles. The Bertz CT molecular complexity index is 1170. The molecule has 31 heavy (non-hydrogen) atoms. The fourth-order valence-electron chi connectivity index (χ4n) is 4.31. The summed E-state index contributed by atoms with van der Waals surface area (Å²) in [6.07, 6.45) is 0.206. The summed E-state index contributed by atoms with van der Waals surface area (Å²) in [4.78, 5) is 0. The molecule has 3 aromatic carbocycles. The van der Waals surface area contributed by atoms with E-state index in [-0.39, 0.29) is 11.8 Å². The average Bonchev–Trinajstić information content (AvgIpc) is 3.25. The molecule has 3 aromatic rings. The molecule has 0 amide bonds. The molecule has 158 valence electrons. The van der Waals surface area contributed by atoms with Crippen molar-refractivity contribution < 1.29 is 19.3 Å². The number of fused-ring (bicyclic) bond motifs is 3. The van der Waals surface area contributed by atoms with Crippen LogP contribution in [0.5, 0.6) is 23.0 Å². The van der Waals surface area contributed by atoms with Crippen LogP contribution < -0.4 is 14.2 Å². The third-order valence-corrected chi connectivity index (χ3v) is 5.87. The Kier molecular flexibility index (Phi) is 4.70. The number of hydrazone groups is 1. The second-order valence-corrected chi connectivity index (χ2v) is 7.78. The zero-order valence-electron chi connectivity index (χ0n) is 17.7. The molecule has 0 spiro atoms. The molecule has 2 atom stereocenters. The standard InChI is InChI=1S/C25H24N2O4/c1-15-8-11-22(28)19(12-15)20-14-21-17-6-4-5-7-23(17)31-25(27(21)26-20)18-10-9-16(29-2)13-24(18)30-3/h4-13,21,25,28H,14H2,1-3H3/t21-,25-/m1/s1. The van der Waals surface area contributed by atoms with Gasteiger partial charge in [0, 0.05) is 23.6 Å². The molecule has 0 aliphatic carbocycles. The predicted octanol–water partition coefficient (Wildman–Crippen LogP) is 4.96. The van der Waals surface area contributed by atoms with E-state index >= 15 is 0 Å². The molecule has 0 aromatic heterocycles. The lowest BCUT2D eigenvalue weighted by Gasteiger charge is -2.38. The number of phenolic OH excluding ortho intramolecular Hbond substituents is 1. The van der Waals surface area contributed by atoms with Crippen LogP contribution in [-0.4, -0.2) is 30.0 Å². The number of phenols is 1. The maximum absolute atomic E-state index is 10.5. The Labute approximate surface area is 181 Å². The lowest BCUT2D eigenvalue weighted by Crippen LogP contribution is -2.33. The third-order valence-electron chi connectivity index (χ3n) is 5.87. The summed E-state index contributed by atoms with van der Waals surface area (Å²) in [7, 11) is 3.26. The van der Waals surface area contributed by atoms with Crippen molar-refractivity contribution in [2.24, 2.45) is 5.10 Å². The largest absolute Gasteiger partial charge is 0.507 e. The SMILES string of the molecule is COc1ccc([C@H]2Oc3ccccc3[C@H]3CC(c4cc(C)ccc4O)=NN32)c(OC)c1. The molecule has 2 heterocycles. The molecule has 6 nitrogen and oxygen atoms in total. The Morgan fingerprint density at radius 1 is 1.00 bits per heavy atom. The smallest absolute Gasteiger partial charge is 0.217 e. The summed E-state index contributed by atoms with van der Waals surface area (Å²) in [6, 6.07) is 19.3. The Hall–Kier alpha value is -3.67. The molecule has 0 unspecified atom stereocenters. The van der Waals surface area contributed by atoms with E-state index in [9.17, 15) is 5.11 Å². The van der Waals surface area contributed by atoms with Crippen molar-refractivity contribution in [2.45, 2.75) is 25.6 Å². The van der Waals surface area contributed by atoms with Crippen LogP contribution in [0, 0.1) is 6.92 Å². The van der Waals surface area contributed by atoms with Gasteiger partial charge in [0.1, 0.15) is 23.0 Å². The first-order valence-corrected chi connectivity index (χ1v) is 10.2. The lowest BCUT2D eigenvalue weighted by atomic mass is 9.95. The number of aryl methyl sites for hydroxylation is 1. The number of nitrogens with zero attached hydrogens (tertiary/aromatic N) is 2. The second kappa shape index (κ2) is 7.54. The third kappa shape index (κ3) is 3.24. The number of benzene rings is 3. The number of para-hydroxylation sites is 1. The number of ether oxygens (including phenoxy) is 3. The number of rotatable bonds is 4. The van der Waals surface area contributed by atoms with E-state index in [1.807, 2.05) is 60.5 Å². The lowest BCUT2D eigenvalue weighted by molar-refractivity contribution is -0.0203. The van der Waals surface area contributed by atoms with E-state index in [2.05, 4.69) is 6.07 Å². The minimum atomic E-state index is -0.467. The summed E-state index contributed by atoms with van der Waals surface area (Å²) in [6.45, 7) is 2.01. The number of hydrogen-bond donors (Lipinski definition) is 1. The maximum Gasteiger partial charge on any atom is 0.217 e. The van der Waals surface area contributed by atoms with E-state index in [1.54, 1.807) is 20.3 Å². The highest BCUT2D eigenvalue weighted by atomic mass is 16.5. The summed E-state index contributed by atoms with van der Waals surface area (Å²) in [5.41, 5.74) is 4.61. The molecule has 6 heteroatoms. The van der Waals surface area contributed by atoms with Gasteiger partial charge >= 0.3 is 0 Å². The van der Waals surface area contributed by atoms with E-state index < -0.39 is 6.23 Å². The van der Waals surface area contributed by atoms with Crippen LogP contribution in [0.25, 0.3) is 0 Å². The fraction of sp³-hybridized carbons (Fsp3) is 0.240. The first kappa shape index (κ1) is 19.3. The van der Waals surface area contributed by atoms with Crippen molar-refractivity contribution in [3.8, 4) is 23.0 Å². The summed E-state index contributed by atoms with van der Waals surface area (Å²) in [5, 5.41) is 17.4. The Balaban J connectivity index is 1.63. The molecule has 0 radical (unpaired) electrons. The van der Waals surface area contributed by atoms with Crippen LogP contribution in [0.1, 0.15) is 40.9 Å². The molecular formula is C25H24N2O4. The molecule has 0 bridgehead atoms. The zero-order chi connectivity index (χ0) is 21.5. The normalized spacial score (nSPS) is 19.2. The van der Waals surface area contributed by atoms with Crippen molar-refractivity contribution in [1.29, 1.82) is 0 Å². The summed E-state index contributed by atoms with van der Waals surface area (Å²) in [5.74, 6) is 2.45. The topological polar surface area (TPSA) is 63.5 Å². The molecule has 0 saturated heterocycles. The van der Waals surface area contributed by atoms with Gasteiger partial charge in [0.25, 0.3) is 0 Å². The van der Waals surface area contributed by atoms with Crippen molar-refractivity contribution in [2.75, 3.05) is 14.2 Å². The predicted molar refractivity (Wildman–Crippen MR) is 118 cm³/mol. The van der Waals surface area contributed by atoms with Gasteiger partial charge in [-0.15, -0.1) is 0 Å². The number of hydrogen-bond acceptors (Lipinski definition) is 6. The van der Waals surface area contributed by atoms with Crippen molar-refractivity contribution in [3.63, 3.8) is 0 Å². The first-order valence-electron chi connectivity index (χ1n) is 10.2. The van der Waals surface area contributed by atoms with Crippen LogP contribution in [-0.2, 0) is 0 Å². The molecule has 2 aliphatic heterocycles. The highest BCUT2D eigenvalue weighted by Crippen LogP contribution is 2.49. The summed E-state index contributed by atoms with van der Waals surface area (Å²) < 4.78 is 17.4. The first-order chi connectivity index (χ1) is 15.1. The van der Waals surface area contributed by atoms with Gasteiger partial charge in [-0.2, -0.15) is 5.10 Å². The van der Waals surface area contributed by atoms with Crippen LogP contribution in [0.2, 0.25) is 0 Å². The monoisotopic (exact) mass is 416 g/mol. The van der Waals surface area contributed by atoms with Crippen LogP contribution >= 0.6 is 0 Å². The van der Waals surface area contributed by atoms with Crippen molar-refractivity contribution in [3.05, 3.63) is 82.9 Å². The molecule has 2 aliphatic rings. The van der Waals surface area contributed by atoms with Gasteiger partial charge in [-0.1, -0.05) is 29.8 Å². The molecule has 5 rings (SSSR count). The van der Waals surface area contributed by atoms with Gasteiger partial charge in [0.2, 0.25) is 6.23 Å². The Morgan fingerprint density at radius 2 is 1.84 bits per heavy atom. The maximum atomic E-state index is 10.5. The van der Waals surface area contributed by atoms with Gasteiger partial charge in [-0.05, 0) is 37.3 Å². The molecular weight excluding hydrogens is 392 g/mol. The quantitative estimate of drug-likeness (QED) is 0.651. The van der Waals surface area contributed by atoms with Gasteiger partial charge < -0.3 is 19.3 Å². The van der Waals surface area contributed by atoms with Crippen LogP contribution in [0.3, 0.4) is 0 Å². The van der Waals surface area contributed by atoms with Crippen LogP contribution in [0.15, 0.2) is 65.8 Å². The van der Waals surface area contributed by atoms with Gasteiger partial charge in [0.05, 0.1) is 31.5 Å². The van der Waals surface area contributed by atoms with E-state index in [1.165, 1.54) is 0 Å². The second-order valence-electron chi connectivity index (χ2n) is 7.78. The molecule has 1 N–H and O–H groups in total. The van der Waals surface area contributed by atoms with Gasteiger partial charge in [0.15, 0.2) is 0 Å². The Morgan fingerprint density at radius 3 is 2.65 bits per heavy atom.